The molecule has 0 unspecified atom stereocenters. The van der Waals surface area contributed by atoms with E-state index in [-0.39, 0.29) is 22.6 Å². The normalized spacial score (nSPS) is 11.3. The number of carbonyl (C=O) groups excluding carboxylic acids is 3. The predicted molar refractivity (Wildman–Crippen MR) is 131 cm³/mol. The lowest BCUT2D eigenvalue weighted by Gasteiger charge is -2.18. The second-order valence-electron chi connectivity index (χ2n) is 10.1. The molecule has 0 amide bonds. The Bertz CT molecular complexity index is 1160. The maximum atomic E-state index is 12.6. The standard InChI is InChI=1S/C25H28N2O11/c1-24(2,3)21(28)35-13-15-17(26(31)32)9-7-11-19(15)37-23(30)38-20-12-8-10-18(27(33)34)16(20)14-36-22(29)25(4,5)6/h7-12H,13-14H2,1-6H3. The third-order valence-electron chi connectivity index (χ3n) is 4.92. The number of hydrogen-bond acceptors (Lipinski definition) is 11. The molecule has 0 aliphatic heterocycles. The number of hydrogen-bond donors (Lipinski definition) is 0. The molecule has 0 saturated heterocycles. The average molecular weight is 533 g/mol. The van der Waals surface area contributed by atoms with Crippen LogP contribution in [-0.4, -0.2) is 27.9 Å². The molecule has 13 heteroatoms. The van der Waals surface area contributed by atoms with Crippen molar-refractivity contribution in [2.24, 2.45) is 10.8 Å². The third kappa shape index (κ3) is 7.72. The summed E-state index contributed by atoms with van der Waals surface area (Å²) in [6.45, 7) is 8.44. The minimum absolute atomic E-state index is 0.203. The first kappa shape index (κ1) is 29.7. The van der Waals surface area contributed by atoms with E-state index in [4.69, 9.17) is 18.9 Å². The van der Waals surface area contributed by atoms with Crippen molar-refractivity contribution in [3.05, 3.63) is 67.8 Å². The van der Waals surface area contributed by atoms with E-state index < -0.39 is 63.4 Å². The molecular formula is C25H28N2O11. The minimum atomic E-state index is -1.39. The summed E-state index contributed by atoms with van der Waals surface area (Å²) in [4.78, 5) is 58.6. The van der Waals surface area contributed by atoms with E-state index in [1.54, 1.807) is 41.5 Å². The van der Waals surface area contributed by atoms with E-state index in [9.17, 15) is 34.6 Å². The van der Waals surface area contributed by atoms with E-state index in [1.165, 1.54) is 24.3 Å². The van der Waals surface area contributed by atoms with E-state index in [0.29, 0.717) is 0 Å². The number of ether oxygens (including phenoxy) is 4. The van der Waals surface area contributed by atoms with Gasteiger partial charge in [0, 0.05) is 12.1 Å². The summed E-state index contributed by atoms with van der Waals surface area (Å²) in [7, 11) is 0. The Balaban J connectivity index is 2.34. The van der Waals surface area contributed by atoms with E-state index in [0.717, 1.165) is 12.1 Å². The molecule has 0 spiro atoms. The Morgan fingerprint density at radius 2 is 1.03 bits per heavy atom. The summed E-state index contributed by atoms with van der Waals surface area (Å²) in [5.74, 6) is -1.93. The summed E-state index contributed by atoms with van der Waals surface area (Å²) in [6.07, 6.45) is -1.39. The van der Waals surface area contributed by atoms with Gasteiger partial charge in [0.05, 0.1) is 20.7 Å². The smallest absolute Gasteiger partial charge is 0.460 e. The lowest BCUT2D eigenvalue weighted by Crippen LogP contribution is -2.23. The van der Waals surface area contributed by atoms with Crippen LogP contribution in [0.3, 0.4) is 0 Å². The predicted octanol–water partition coefficient (Wildman–Crippen LogP) is 5.26. The number of rotatable bonds is 8. The average Bonchev–Trinajstić information content (AvgIpc) is 2.80. The zero-order chi connectivity index (χ0) is 28.8. The number of nitrogens with zero attached hydrogens (tertiary/aromatic N) is 2. The van der Waals surface area contributed by atoms with Crippen molar-refractivity contribution in [3.63, 3.8) is 0 Å². The fourth-order valence-electron chi connectivity index (χ4n) is 2.84. The molecule has 0 aliphatic carbocycles. The summed E-state index contributed by atoms with van der Waals surface area (Å²) in [5, 5.41) is 23.0. The fourth-order valence-corrected chi connectivity index (χ4v) is 2.84. The van der Waals surface area contributed by atoms with Crippen LogP contribution in [0, 0.1) is 31.1 Å². The molecule has 0 N–H and O–H groups in total. The van der Waals surface area contributed by atoms with Crippen LogP contribution in [0.5, 0.6) is 11.5 Å². The van der Waals surface area contributed by atoms with Crippen molar-refractivity contribution in [2.45, 2.75) is 54.8 Å². The summed E-state index contributed by atoms with van der Waals surface area (Å²) in [6, 6.07) is 7.24. The Kier molecular flexibility index (Phi) is 9.11. The zero-order valence-electron chi connectivity index (χ0n) is 21.8. The molecule has 38 heavy (non-hydrogen) atoms. The lowest BCUT2D eigenvalue weighted by atomic mass is 9.97. The van der Waals surface area contributed by atoms with Crippen LogP contribution in [0.2, 0.25) is 0 Å². The summed E-state index contributed by atoms with van der Waals surface area (Å²) < 4.78 is 20.7. The fraction of sp³-hybridized carbons (Fsp3) is 0.400. The molecule has 2 aromatic rings. The number of esters is 2. The molecule has 0 saturated carbocycles. The number of nitro groups is 2. The molecule has 2 aromatic carbocycles. The Hall–Kier alpha value is -4.55. The minimum Gasteiger partial charge on any atom is -0.460 e. The van der Waals surface area contributed by atoms with Crippen LogP contribution in [0.15, 0.2) is 36.4 Å². The van der Waals surface area contributed by atoms with Crippen LogP contribution >= 0.6 is 0 Å². The highest BCUT2D eigenvalue weighted by Gasteiger charge is 2.29. The molecule has 0 heterocycles. The highest BCUT2D eigenvalue weighted by molar-refractivity contribution is 5.76. The Morgan fingerprint density at radius 3 is 1.32 bits per heavy atom. The number of carbonyl (C=O) groups is 3. The summed E-state index contributed by atoms with van der Waals surface area (Å²) >= 11 is 0. The van der Waals surface area contributed by atoms with Crippen LogP contribution in [0.25, 0.3) is 0 Å². The van der Waals surface area contributed by atoms with Crippen molar-refractivity contribution in [2.75, 3.05) is 0 Å². The van der Waals surface area contributed by atoms with Crippen LogP contribution < -0.4 is 9.47 Å². The second kappa shape index (κ2) is 11.7. The molecule has 0 bridgehead atoms. The first-order chi connectivity index (χ1) is 17.5. The van der Waals surface area contributed by atoms with Crippen molar-refractivity contribution >= 4 is 29.5 Å². The Labute approximate surface area is 217 Å². The van der Waals surface area contributed by atoms with Gasteiger partial charge in [-0.25, -0.2) is 4.79 Å². The molecule has 13 nitrogen and oxygen atoms in total. The van der Waals surface area contributed by atoms with Gasteiger partial charge in [-0.05, 0) is 53.7 Å². The topological polar surface area (TPSA) is 174 Å². The second-order valence-corrected chi connectivity index (χ2v) is 10.1. The van der Waals surface area contributed by atoms with Gasteiger partial charge >= 0.3 is 18.1 Å². The van der Waals surface area contributed by atoms with Gasteiger partial charge in [0.15, 0.2) is 0 Å². The third-order valence-corrected chi connectivity index (χ3v) is 4.92. The highest BCUT2D eigenvalue weighted by Crippen LogP contribution is 2.33. The Morgan fingerprint density at radius 1 is 0.684 bits per heavy atom. The van der Waals surface area contributed by atoms with Gasteiger partial charge in [0.1, 0.15) is 35.8 Å². The van der Waals surface area contributed by atoms with Crippen molar-refractivity contribution < 1.29 is 43.2 Å². The molecule has 0 radical (unpaired) electrons. The molecular weight excluding hydrogens is 504 g/mol. The molecule has 0 aliphatic rings. The van der Waals surface area contributed by atoms with Crippen LogP contribution in [-0.2, 0) is 32.3 Å². The molecule has 204 valence electrons. The monoisotopic (exact) mass is 532 g/mol. The van der Waals surface area contributed by atoms with E-state index in [1.807, 2.05) is 0 Å². The van der Waals surface area contributed by atoms with E-state index >= 15 is 0 Å². The molecule has 0 aromatic heterocycles. The van der Waals surface area contributed by atoms with Crippen molar-refractivity contribution in [1.82, 2.24) is 0 Å². The van der Waals surface area contributed by atoms with E-state index in [2.05, 4.69) is 0 Å². The van der Waals surface area contributed by atoms with Crippen LogP contribution in [0.4, 0.5) is 16.2 Å². The SMILES string of the molecule is CC(C)(C)C(=O)OCc1c(OC(=O)Oc2cccc([N+](=O)[O-])c2COC(=O)C(C)(C)C)cccc1[N+](=O)[O-]. The van der Waals surface area contributed by atoms with Gasteiger partial charge < -0.3 is 18.9 Å². The van der Waals surface area contributed by atoms with Crippen LogP contribution in [0.1, 0.15) is 52.7 Å². The van der Waals surface area contributed by atoms with Gasteiger partial charge in [0.25, 0.3) is 11.4 Å². The maximum Gasteiger partial charge on any atom is 0.519 e. The first-order valence-electron chi connectivity index (χ1n) is 11.3. The van der Waals surface area contributed by atoms with Gasteiger partial charge in [0.2, 0.25) is 0 Å². The quantitative estimate of drug-likeness (QED) is 0.188. The maximum absolute atomic E-state index is 12.6. The van der Waals surface area contributed by atoms with Gasteiger partial charge in [-0.15, -0.1) is 0 Å². The summed E-state index contributed by atoms with van der Waals surface area (Å²) in [5.41, 5.74) is -3.13. The van der Waals surface area contributed by atoms with Gasteiger partial charge in [-0.3, -0.25) is 29.8 Å². The zero-order valence-corrected chi connectivity index (χ0v) is 21.8. The highest BCUT2D eigenvalue weighted by atomic mass is 16.7. The number of nitro benzene ring substituents is 2. The van der Waals surface area contributed by atoms with Crippen molar-refractivity contribution in [3.8, 4) is 11.5 Å². The first-order valence-corrected chi connectivity index (χ1v) is 11.3. The lowest BCUT2D eigenvalue weighted by molar-refractivity contribution is -0.386. The molecule has 0 atom stereocenters. The molecule has 2 rings (SSSR count). The van der Waals surface area contributed by atoms with Gasteiger partial charge in [-0.2, -0.15) is 0 Å². The van der Waals surface area contributed by atoms with Gasteiger partial charge in [-0.1, -0.05) is 12.1 Å². The molecule has 0 fully saturated rings. The van der Waals surface area contributed by atoms with Crippen molar-refractivity contribution in [1.29, 1.82) is 0 Å². The number of benzene rings is 2. The largest absolute Gasteiger partial charge is 0.519 e.